The third-order valence-electron chi connectivity index (χ3n) is 7.70. The molecule has 0 amide bonds. The highest BCUT2D eigenvalue weighted by atomic mass is 79.9. The lowest BCUT2D eigenvalue weighted by Crippen LogP contribution is -3.00. The highest BCUT2D eigenvalue weighted by molar-refractivity contribution is 5.80. The molecule has 0 saturated heterocycles. The first-order chi connectivity index (χ1) is 22.3. The van der Waals surface area contributed by atoms with Crippen LogP contribution < -0.4 is 35.9 Å². The molecular formula is C32H32BrF2N7O5. The fourth-order valence-corrected chi connectivity index (χ4v) is 5.54. The van der Waals surface area contributed by atoms with Crippen molar-refractivity contribution in [2.45, 2.75) is 31.7 Å². The number of ether oxygens (including phenoxy) is 4. The Bertz CT molecular complexity index is 1800. The van der Waals surface area contributed by atoms with Gasteiger partial charge in [-0.2, -0.15) is 10.2 Å². The second kappa shape index (κ2) is 14.7. The largest absolute Gasteiger partial charge is 1.00 e. The number of hydrogen-bond donors (Lipinski definition) is 1. The Morgan fingerprint density at radius 3 is 2.26 bits per heavy atom. The molecule has 0 aliphatic carbocycles. The molecule has 4 heterocycles. The predicted molar refractivity (Wildman–Crippen MR) is 160 cm³/mol. The van der Waals surface area contributed by atoms with E-state index in [0.29, 0.717) is 6.79 Å². The normalized spacial score (nSPS) is 13.1. The average molecular weight is 713 g/mol. The van der Waals surface area contributed by atoms with Crippen LogP contribution in [-0.2, 0) is 31.7 Å². The van der Waals surface area contributed by atoms with Gasteiger partial charge in [-0.05, 0) is 35.9 Å². The first-order valence-corrected chi connectivity index (χ1v) is 14.4. The Kier molecular flexibility index (Phi) is 10.5. The molecule has 0 saturated carbocycles. The van der Waals surface area contributed by atoms with Crippen LogP contribution in [0.3, 0.4) is 0 Å². The molecule has 2 aromatic heterocycles. The molecule has 47 heavy (non-hydrogen) atoms. The van der Waals surface area contributed by atoms with E-state index in [0.717, 1.165) is 60.2 Å². The van der Waals surface area contributed by atoms with Crippen molar-refractivity contribution in [1.82, 2.24) is 29.5 Å². The van der Waals surface area contributed by atoms with Gasteiger partial charge in [0, 0.05) is 23.6 Å². The molecule has 2 aliphatic rings. The van der Waals surface area contributed by atoms with Crippen molar-refractivity contribution < 1.29 is 54.4 Å². The Morgan fingerprint density at radius 1 is 0.936 bits per heavy atom. The topological polar surface area (TPSA) is 122 Å². The predicted octanol–water partition coefficient (Wildman–Crippen LogP) is 0.360. The third-order valence-corrected chi connectivity index (χ3v) is 7.70. The molecule has 0 radical (unpaired) electrons. The van der Waals surface area contributed by atoms with E-state index in [-0.39, 0.29) is 35.6 Å². The van der Waals surface area contributed by atoms with Crippen molar-refractivity contribution in [3.63, 3.8) is 0 Å². The van der Waals surface area contributed by atoms with E-state index in [1.54, 1.807) is 14.2 Å². The summed E-state index contributed by atoms with van der Waals surface area (Å²) in [6.07, 6.45) is 8.56. The van der Waals surface area contributed by atoms with Gasteiger partial charge in [0.05, 0.1) is 32.9 Å². The van der Waals surface area contributed by atoms with Crippen LogP contribution in [0.1, 0.15) is 22.3 Å². The number of hydrogen-bond acceptors (Lipinski definition) is 9. The molecule has 2 aliphatic heterocycles. The molecule has 5 aromatic rings. The van der Waals surface area contributed by atoms with E-state index in [4.69, 9.17) is 18.9 Å². The smallest absolute Gasteiger partial charge is 0.231 e. The number of halogens is 3. The van der Waals surface area contributed by atoms with Crippen LogP contribution in [0.4, 0.5) is 8.78 Å². The Balaban J connectivity index is 0.000000181. The molecule has 1 N–H and O–H groups in total. The molecule has 0 bridgehead atoms. The summed E-state index contributed by atoms with van der Waals surface area (Å²) < 4.78 is 54.1. The van der Waals surface area contributed by atoms with Gasteiger partial charge in [0.25, 0.3) is 0 Å². The first-order valence-electron chi connectivity index (χ1n) is 14.4. The fraction of sp³-hybridized carbons (Fsp3) is 0.281. The molecule has 7 rings (SSSR count). The van der Waals surface area contributed by atoms with Crippen molar-refractivity contribution in [2.75, 3.05) is 27.6 Å². The molecule has 0 fully saturated rings. The van der Waals surface area contributed by atoms with Crippen LogP contribution in [0.25, 0.3) is 0 Å². The SMILES string of the molecule is COc1cccc(C[N+]2=Cc3cc4c(cc3CC2)OCO4)c1OC.OC(Cn1cncn1)(Cn1cncn1)c1ccc(F)cc1F.[Br-]. The molecule has 12 nitrogen and oxygen atoms in total. The lowest BCUT2D eigenvalue weighted by atomic mass is 9.93. The molecule has 246 valence electrons. The first kappa shape index (κ1) is 33.5. The summed E-state index contributed by atoms with van der Waals surface area (Å²) in [6.45, 7) is 1.88. The molecule has 0 unspecified atom stereocenters. The highest BCUT2D eigenvalue weighted by Gasteiger charge is 2.34. The van der Waals surface area contributed by atoms with Crippen LogP contribution in [0.2, 0.25) is 0 Å². The fourth-order valence-electron chi connectivity index (χ4n) is 5.54. The van der Waals surface area contributed by atoms with E-state index < -0.39 is 17.2 Å². The number of para-hydroxylation sites is 1. The number of nitrogens with zero attached hydrogens (tertiary/aromatic N) is 7. The van der Waals surface area contributed by atoms with Crippen molar-refractivity contribution in [2.24, 2.45) is 0 Å². The molecular weight excluding hydrogens is 680 g/mol. The van der Waals surface area contributed by atoms with E-state index in [1.807, 2.05) is 12.1 Å². The van der Waals surface area contributed by atoms with Gasteiger partial charge in [-0.25, -0.2) is 32.7 Å². The van der Waals surface area contributed by atoms with Gasteiger partial charge in [-0.3, -0.25) is 0 Å². The number of rotatable bonds is 9. The van der Waals surface area contributed by atoms with Gasteiger partial charge in [0.15, 0.2) is 35.8 Å². The quantitative estimate of drug-likeness (QED) is 0.216. The van der Waals surface area contributed by atoms with Crippen LogP contribution in [0.15, 0.2) is 73.8 Å². The maximum atomic E-state index is 14.1. The number of methoxy groups -OCH3 is 2. The van der Waals surface area contributed by atoms with Crippen molar-refractivity contribution >= 4 is 6.21 Å². The summed E-state index contributed by atoms with van der Waals surface area (Å²) in [4.78, 5) is 7.57. The second-order valence-corrected chi connectivity index (χ2v) is 10.7. The van der Waals surface area contributed by atoms with Crippen LogP contribution in [0, 0.1) is 11.6 Å². The number of fused-ring (bicyclic) bond motifs is 2. The summed E-state index contributed by atoms with van der Waals surface area (Å²) in [5.74, 6) is 1.67. The summed E-state index contributed by atoms with van der Waals surface area (Å²) in [5, 5.41) is 18.8. The maximum absolute atomic E-state index is 14.1. The van der Waals surface area contributed by atoms with Crippen molar-refractivity contribution in [1.29, 1.82) is 0 Å². The standard InChI is InChI=1S/C19H20NO4.C13H12F2N6O.BrH/c1-21-16-5-3-4-14(19(16)22-2)10-20-7-6-13-8-17-18(24-12-23-17)9-15(13)11-20;14-10-1-2-11(12(15)3-10)13(22,4-20-8-16-6-18-20)5-21-9-17-7-19-21;/h3-5,8-9,11H,6-7,10,12H2,1-2H3;1-3,6-9,22H,4-5H2;1H/q+1;;/p-1. The minimum absolute atomic E-state index is 0. The molecule has 0 spiro atoms. The minimum Gasteiger partial charge on any atom is -1.00 e. The van der Waals surface area contributed by atoms with Gasteiger partial charge < -0.3 is 41.0 Å². The summed E-state index contributed by atoms with van der Waals surface area (Å²) in [6, 6.07) is 13.2. The Labute approximate surface area is 279 Å². The second-order valence-electron chi connectivity index (χ2n) is 10.7. The monoisotopic (exact) mass is 711 g/mol. The zero-order chi connectivity index (χ0) is 32.1. The van der Waals surface area contributed by atoms with Crippen LogP contribution in [-0.4, -0.2) is 73.0 Å². The number of aliphatic hydroxyl groups is 1. The molecule has 3 aromatic carbocycles. The van der Waals surface area contributed by atoms with Gasteiger partial charge in [0.1, 0.15) is 49.1 Å². The van der Waals surface area contributed by atoms with Crippen molar-refractivity contribution in [3.8, 4) is 23.0 Å². The molecule has 0 atom stereocenters. The van der Waals surface area contributed by atoms with Crippen LogP contribution >= 0.6 is 0 Å². The minimum atomic E-state index is -1.70. The van der Waals surface area contributed by atoms with E-state index in [1.165, 1.54) is 51.9 Å². The number of benzene rings is 3. The number of aromatic nitrogens is 6. The Hall–Kier alpha value is -4.89. The van der Waals surface area contributed by atoms with Gasteiger partial charge >= 0.3 is 0 Å². The highest BCUT2D eigenvalue weighted by Crippen LogP contribution is 2.36. The van der Waals surface area contributed by atoms with Gasteiger partial charge in [0.2, 0.25) is 6.79 Å². The summed E-state index contributed by atoms with van der Waals surface area (Å²) >= 11 is 0. The van der Waals surface area contributed by atoms with E-state index in [2.05, 4.69) is 49.2 Å². The van der Waals surface area contributed by atoms with Gasteiger partial charge in [-0.15, -0.1) is 0 Å². The average Bonchev–Trinajstić information content (AvgIpc) is 3.84. The van der Waals surface area contributed by atoms with Crippen molar-refractivity contribution in [3.05, 3.63) is 108 Å². The van der Waals surface area contributed by atoms with Crippen LogP contribution in [0.5, 0.6) is 23.0 Å². The summed E-state index contributed by atoms with van der Waals surface area (Å²) in [5.41, 5.74) is 1.84. The Morgan fingerprint density at radius 2 is 1.64 bits per heavy atom. The van der Waals surface area contributed by atoms with Gasteiger partial charge in [-0.1, -0.05) is 12.1 Å². The van der Waals surface area contributed by atoms with E-state index in [9.17, 15) is 13.9 Å². The lowest BCUT2D eigenvalue weighted by molar-refractivity contribution is -0.540. The maximum Gasteiger partial charge on any atom is 0.231 e. The molecule has 15 heteroatoms. The zero-order valence-electron chi connectivity index (χ0n) is 25.6. The lowest BCUT2D eigenvalue weighted by Gasteiger charge is -2.28. The zero-order valence-corrected chi connectivity index (χ0v) is 27.2. The third kappa shape index (κ3) is 7.58. The summed E-state index contributed by atoms with van der Waals surface area (Å²) in [7, 11) is 3.34. The van der Waals surface area contributed by atoms with E-state index >= 15 is 0 Å².